The van der Waals surface area contributed by atoms with Crippen LogP contribution in [0.5, 0.6) is 5.75 Å². The number of amides is 1. The lowest BCUT2D eigenvalue weighted by Gasteiger charge is -2.30. The molecule has 0 aromatic heterocycles. The number of carbonyl (C=O) groups excluding carboxylic acids is 1. The van der Waals surface area contributed by atoms with E-state index in [2.05, 4.69) is 5.32 Å². The van der Waals surface area contributed by atoms with Crippen LogP contribution in [-0.2, 0) is 19.6 Å². The zero-order valence-electron chi connectivity index (χ0n) is 21.3. The number of rotatable bonds is 10. The molecule has 2 aliphatic rings. The van der Waals surface area contributed by atoms with E-state index in [4.69, 9.17) is 25.8 Å². The second-order valence-electron chi connectivity index (χ2n) is 9.14. The largest absolute Gasteiger partial charge is 0.490 e. The summed E-state index contributed by atoms with van der Waals surface area (Å²) in [5, 5.41) is 16.6. The maximum atomic E-state index is 13.3. The zero-order chi connectivity index (χ0) is 27.3. The number of carbonyl (C=O) groups is 1. The molecular formula is C27H33N5O5S. The van der Waals surface area contributed by atoms with Crippen molar-refractivity contribution in [1.29, 1.82) is 5.41 Å². The SMILES string of the molecule is COCCNC1=CCC(C(=N)N)C=C1CCC(=O)N1CCOc2cc(-c3ccccc3S(N)(=O)=O)ccc21. The summed E-state index contributed by atoms with van der Waals surface area (Å²) in [7, 11) is -2.28. The number of amidine groups is 1. The zero-order valence-corrected chi connectivity index (χ0v) is 22.1. The molecule has 0 saturated carbocycles. The highest BCUT2D eigenvalue weighted by Crippen LogP contribution is 2.38. The molecule has 1 amide bonds. The number of primary sulfonamides is 1. The van der Waals surface area contributed by atoms with E-state index in [0.29, 0.717) is 61.7 Å². The molecule has 10 nitrogen and oxygen atoms in total. The molecule has 1 atom stereocenters. The fourth-order valence-corrected chi connectivity index (χ4v) is 5.42. The van der Waals surface area contributed by atoms with Crippen molar-refractivity contribution in [2.24, 2.45) is 16.8 Å². The van der Waals surface area contributed by atoms with Gasteiger partial charge < -0.3 is 25.4 Å². The molecule has 1 aliphatic carbocycles. The first-order chi connectivity index (χ1) is 18.2. The van der Waals surface area contributed by atoms with Crippen LogP contribution in [0, 0.1) is 11.3 Å². The fraction of sp³-hybridized carbons (Fsp3) is 0.333. The van der Waals surface area contributed by atoms with E-state index in [1.807, 2.05) is 12.2 Å². The van der Waals surface area contributed by atoms with Crippen molar-refractivity contribution >= 4 is 27.5 Å². The van der Waals surface area contributed by atoms with E-state index in [1.54, 1.807) is 48.4 Å². The predicted molar refractivity (Wildman–Crippen MR) is 146 cm³/mol. The molecule has 0 saturated heterocycles. The van der Waals surface area contributed by atoms with Gasteiger partial charge in [-0.25, -0.2) is 13.6 Å². The minimum Gasteiger partial charge on any atom is -0.490 e. The van der Waals surface area contributed by atoms with Gasteiger partial charge in [-0.05, 0) is 42.2 Å². The second-order valence-corrected chi connectivity index (χ2v) is 10.7. The summed E-state index contributed by atoms with van der Waals surface area (Å²) in [6.07, 6.45) is 5.37. The van der Waals surface area contributed by atoms with E-state index in [9.17, 15) is 13.2 Å². The van der Waals surface area contributed by atoms with E-state index in [0.717, 1.165) is 11.3 Å². The molecule has 0 spiro atoms. The number of hydrogen-bond donors (Lipinski definition) is 4. The van der Waals surface area contributed by atoms with Gasteiger partial charge in [0.05, 0.1) is 29.6 Å². The topological polar surface area (TPSA) is 161 Å². The van der Waals surface area contributed by atoms with Crippen molar-refractivity contribution < 1.29 is 22.7 Å². The summed E-state index contributed by atoms with van der Waals surface area (Å²) >= 11 is 0. The second kappa shape index (κ2) is 11.8. The number of anilines is 1. The first-order valence-corrected chi connectivity index (χ1v) is 13.9. The number of nitrogens with one attached hydrogen (secondary N) is 2. The van der Waals surface area contributed by atoms with Gasteiger partial charge in [-0.1, -0.05) is 36.4 Å². The third kappa shape index (κ3) is 6.24. The van der Waals surface area contributed by atoms with Gasteiger partial charge in [0.15, 0.2) is 0 Å². The Morgan fingerprint density at radius 2 is 2.05 bits per heavy atom. The molecule has 1 heterocycles. The predicted octanol–water partition coefficient (Wildman–Crippen LogP) is 2.51. The van der Waals surface area contributed by atoms with Crippen molar-refractivity contribution in [2.75, 3.05) is 38.3 Å². The first-order valence-electron chi connectivity index (χ1n) is 12.4. The van der Waals surface area contributed by atoms with Gasteiger partial charge in [0.2, 0.25) is 15.9 Å². The van der Waals surface area contributed by atoms with Crippen LogP contribution in [0.4, 0.5) is 5.69 Å². The normalized spacial score (nSPS) is 17.1. The van der Waals surface area contributed by atoms with Gasteiger partial charge in [0.25, 0.3) is 0 Å². The highest BCUT2D eigenvalue weighted by atomic mass is 32.2. The highest BCUT2D eigenvalue weighted by molar-refractivity contribution is 7.89. The molecule has 202 valence electrons. The van der Waals surface area contributed by atoms with E-state index in [1.165, 1.54) is 6.07 Å². The van der Waals surface area contributed by atoms with Crippen LogP contribution in [0.3, 0.4) is 0 Å². The Morgan fingerprint density at radius 1 is 1.26 bits per heavy atom. The first kappa shape index (κ1) is 27.4. The monoisotopic (exact) mass is 539 g/mol. The van der Waals surface area contributed by atoms with Gasteiger partial charge >= 0.3 is 0 Å². The molecule has 2 aromatic carbocycles. The number of methoxy groups -OCH3 is 1. The van der Waals surface area contributed by atoms with Crippen molar-refractivity contribution in [2.45, 2.75) is 24.2 Å². The molecule has 11 heteroatoms. The van der Waals surface area contributed by atoms with E-state index >= 15 is 0 Å². The van der Waals surface area contributed by atoms with Crippen molar-refractivity contribution in [3.63, 3.8) is 0 Å². The Bertz CT molecular complexity index is 1390. The molecule has 1 unspecified atom stereocenters. The van der Waals surface area contributed by atoms with Gasteiger partial charge in [-0.2, -0.15) is 0 Å². The molecule has 1 aliphatic heterocycles. The Morgan fingerprint density at radius 3 is 2.79 bits per heavy atom. The molecule has 38 heavy (non-hydrogen) atoms. The van der Waals surface area contributed by atoms with Crippen LogP contribution in [0.25, 0.3) is 11.1 Å². The Hall–Kier alpha value is -3.67. The minimum atomic E-state index is -3.92. The summed E-state index contributed by atoms with van der Waals surface area (Å²) in [6, 6.07) is 11.8. The number of hydrogen-bond acceptors (Lipinski definition) is 7. The molecule has 4 rings (SSSR count). The average Bonchev–Trinajstić information content (AvgIpc) is 2.91. The maximum Gasteiger partial charge on any atom is 0.238 e. The lowest BCUT2D eigenvalue weighted by atomic mass is 9.90. The Kier molecular flexibility index (Phi) is 8.50. The Labute approximate surface area is 222 Å². The summed E-state index contributed by atoms with van der Waals surface area (Å²) in [5.74, 6) is 0.356. The van der Waals surface area contributed by atoms with Crippen LogP contribution in [0.15, 0.2) is 70.8 Å². The third-order valence-corrected chi connectivity index (χ3v) is 7.55. The number of sulfonamides is 1. The van der Waals surface area contributed by atoms with Crippen LogP contribution < -0.4 is 25.8 Å². The number of allylic oxidation sites excluding steroid dienone is 2. The standard InChI is InChI=1S/C27H33N5O5S/c1-36-14-12-31-22-9-6-20(27(28)29)16-19(22)8-11-26(33)32-13-15-37-24-17-18(7-10-23(24)32)21-4-2-3-5-25(21)38(30,34)35/h2-5,7,9-10,16-17,20,31H,6,8,11-15H2,1H3,(H3,28,29)(H2,30,34,35). The highest BCUT2D eigenvalue weighted by Gasteiger charge is 2.26. The van der Waals surface area contributed by atoms with E-state index < -0.39 is 10.0 Å². The van der Waals surface area contributed by atoms with Gasteiger partial charge in [-0.15, -0.1) is 0 Å². The average molecular weight is 540 g/mol. The lowest BCUT2D eigenvalue weighted by molar-refractivity contribution is -0.118. The number of fused-ring (bicyclic) bond motifs is 1. The molecule has 0 fully saturated rings. The van der Waals surface area contributed by atoms with Crippen LogP contribution in [-0.4, -0.2) is 53.6 Å². The van der Waals surface area contributed by atoms with E-state index in [-0.39, 0.29) is 29.0 Å². The van der Waals surface area contributed by atoms with Crippen LogP contribution in [0.2, 0.25) is 0 Å². The van der Waals surface area contributed by atoms with Gasteiger partial charge in [0, 0.05) is 37.3 Å². The fourth-order valence-electron chi connectivity index (χ4n) is 4.66. The third-order valence-electron chi connectivity index (χ3n) is 6.58. The van der Waals surface area contributed by atoms with Crippen LogP contribution in [0.1, 0.15) is 19.3 Å². The summed E-state index contributed by atoms with van der Waals surface area (Å²) in [5.41, 5.74) is 9.36. The number of benzene rings is 2. The molecule has 6 N–H and O–H groups in total. The molecule has 0 radical (unpaired) electrons. The number of nitrogens with zero attached hydrogens (tertiary/aromatic N) is 1. The molecular weight excluding hydrogens is 506 g/mol. The van der Waals surface area contributed by atoms with Gasteiger partial charge in [-0.3, -0.25) is 10.2 Å². The summed E-state index contributed by atoms with van der Waals surface area (Å²) in [6.45, 7) is 1.90. The van der Waals surface area contributed by atoms with Crippen LogP contribution >= 0.6 is 0 Å². The summed E-state index contributed by atoms with van der Waals surface area (Å²) in [4.78, 5) is 15.1. The number of ether oxygens (including phenoxy) is 2. The quantitative estimate of drug-likeness (QED) is 0.205. The maximum absolute atomic E-state index is 13.3. The number of nitrogens with two attached hydrogens (primary N) is 2. The van der Waals surface area contributed by atoms with Crippen molar-refractivity contribution in [3.8, 4) is 16.9 Å². The smallest absolute Gasteiger partial charge is 0.238 e. The molecule has 0 bridgehead atoms. The van der Waals surface area contributed by atoms with Gasteiger partial charge in [0.1, 0.15) is 12.4 Å². The van der Waals surface area contributed by atoms with Crippen molar-refractivity contribution in [3.05, 3.63) is 65.9 Å². The Balaban J connectivity index is 1.52. The summed E-state index contributed by atoms with van der Waals surface area (Å²) < 4.78 is 35.1. The van der Waals surface area contributed by atoms with Crippen molar-refractivity contribution in [1.82, 2.24) is 5.32 Å². The lowest BCUT2D eigenvalue weighted by Crippen LogP contribution is -2.38. The minimum absolute atomic E-state index is 0.0243. The molecule has 2 aromatic rings.